The highest BCUT2D eigenvalue weighted by molar-refractivity contribution is 5.73. The highest BCUT2D eigenvalue weighted by atomic mass is 16.3. The zero-order valence-corrected chi connectivity index (χ0v) is 21.2. The van der Waals surface area contributed by atoms with Gasteiger partial charge >= 0.3 is 0 Å². The SMILES string of the molecule is CCCC(CO)Nc1ncc(-c2ccc(CN3CCN(C)CC3)cn2)c(NC2CCC(O)CC2)n1. The molecule has 9 heteroatoms. The summed E-state index contributed by atoms with van der Waals surface area (Å²) >= 11 is 0. The smallest absolute Gasteiger partial charge is 0.224 e. The Morgan fingerprint density at radius 2 is 1.83 bits per heavy atom. The number of hydrogen-bond donors (Lipinski definition) is 4. The first-order chi connectivity index (χ1) is 17.0. The van der Waals surface area contributed by atoms with Crippen molar-refractivity contribution in [3.63, 3.8) is 0 Å². The summed E-state index contributed by atoms with van der Waals surface area (Å²) in [5, 5.41) is 26.5. The third-order valence-corrected chi connectivity index (χ3v) is 7.12. The van der Waals surface area contributed by atoms with Gasteiger partial charge in [0, 0.05) is 51.2 Å². The van der Waals surface area contributed by atoms with Crippen molar-refractivity contribution in [2.24, 2.45) is 0 Å². The maximum Gasteiger partial charge on any atom is 0.224 e. The Balaban J connectivity index is 1.51. The lowest BCUT2D eigenvalue weighted by Gasteiger charge is -2.32. The molecule has 1 saturated heterocycles. The summed E-state index contributed by atoms with van der Waals surface area (Å²) in [5.74, 6) is 1.25. The van der Waals surface area contributed by atoms with Crippen LogP contribution in [0.25, 0.3) is 11.3 Å². The molecule has 2 fully saturated rings. The van der Waals surface area contributed by atoms with Gasteiger partial charge in [0.2, 0.25) is 5.95 Å². The number of nitrogens with one attached hydrogen (secondary N) is 2. The molecule has 0 amide bonds. The molecule has 9 nitrogen and oxygen atoms in total. The van der Waals surface area contributed by atoms with Crippen LogP contribution in [-0.2, 0) is 6.54 Å². The van der Waals surface area contributed by atoms with E-state index in [-0.39, 0.29) is 24.8 Å². The molecule has 0 aromatic carbocycles. The van der Waals surface area contributed by atoms with Gasteiger partial charge in [0.25, 0.3) is 0 Å². The Morgan fingerprint density at radius 1 is 1.06 bits per heavy atom. The van der Waals surface area contributed by atoms with E-state index in [1.165, 1.54) is 5.56 Å². The Kier molecular flexibility index (Phi) is 9.25. The number of aliphatic hydroxyl groups excluding tert-OH is 2. The summed E-state index contributed by atoms with van der Waals surface area (Å²) in [6, 6.07) is 4.38. The monoisotopic (exact) mass is 483 g/mol. The molecule has 2 aromatic rings. The number of aromatic nitrogens is 3. The van der Waals surface area contributed by atoms with Crippen molar-refractivity contribution >= 4 is 11.8 Å². The van der Waals surface area contributed by atoms with Gasteiger partial charge in [-0.1, -0.05) is 19.4 Å². The Bertz CT molecular complexity index is 910. The first-order valence-corrected chi connectivity index (χ1v) is 13.1. The molecule has 4 N–H and O–H groups in total. The van der Waals surface area contributed by atoms with Crippen LogP contribution in [0.1, 0.15) is 51.0 Å². The second-order valence-electron chi connectivity index (χ2n) is 10.0. The second kappa shape index (κ2) is 12.6. The molecule has 0 bridgehead atoms. The second-order valence-corrected chi connectivity index (χ2v) is 10.0. The van der Waals surface area contributed by atoms with Gasteiger partial charge in [0.15, 0.2) is 0 Å². The van der Waals surface area contributed by atoms with E-state index in [1.54, 1.807) is 0 Å². The Morgan fingerprint density at radius 3 is 2.49 bits per heavy atom. The van der Waals surface area contributed by atoms with Crippen LogP contribution in [0.2, 0.25) is 0 Å². The summed E-state index contributed by atoms with van der Waals surface area (Å²) in [5.41, 5.74) is 2.91. The number of aliphatic hydroxyl groups is 2. The quantitative estimate of drug-likeness (QED) is 0.405. The van der Waals surface area contributed by atoms with Gasteiger partial charge in [0.05, 0.1) is 30.0 Å². The van der Waals surface area contributed by atoms with Crippen molar-refractivity contribution in [1.29, 1.82) is 0 Å². The van der Waals surface area contributed by atoms with Crippen molar-refractivity contribution in [3.05, 3.63) is 30.1 Å². The molecule has 4 rings (SSSR count). The lowest BCUT2D eigenvalue weighted by molar-refractivity contribution is 0.126. The van der Waals surface area contributed by atoms with E-state index < -0.39 is 0 Å². The standard InChI is InChI=1S/C26H41N7O2/c1-3-4-21(18-34)30-26-28-16-23(25(31-26)29-20-6-8-22(35)9-7-20)24-10-5-19(15-27-24)17-33-13-11-32(2)12-14-33/h5,10,15-16,20-22,34-35H,3-4,6-9,11-14,17-18H2,1-2H3,(H2,28,29,30,31). The fraction of sp³-hybridized carbons (Fsp3) is 0.654. The summed E-state index contributed by atoms with van der Waals surface area (Å²) in [4.78, 5) is 19.0. The normalized spacial score (nSPS) is 22.6. The number of hydrogen-bond acceptors (Lipinski definition) is 9. The van der Waals surface area contributed by atoms with Crippen LogP contribution in [0.5, 0.6) is 0 Å². The lowest BCUT2D eigenvalue weighted by atomic mass is 9.93. The molecule has 1 atom stereocenters. The molecular formula is C26H41N7O2. The van der Waals surface area contributed by atoms with Gasteiger partial charge in [-0.2, -0.15) is 4.98 Å². The highest BCUT2D eigenvalue weighted by Crippen LogP contribution is 2.29. The van der Waals surface area contributed by atoms with Crippen molar-refractivity contribution in [2.45, 2.75) is 70.2 Å². The van der Waals surface area contributed by atoms with Gasteiger partial charge in [-0.05, 0) is 50.8 Å². The molecule has 0 radical (unpaired) electrons. The lowest BCUT2D eigenvalue weighted by Crippen LogP contribution is -2.43. The van der Waals surface area contributed by atoms with Crippen LogP contribution in [0.3, 0.4) is 0 Å². The predicted molar refractivity (Wildman–Crippen MR) is 139 cm³/mol. The van der Waals surface area contributed by atoms with Crippen LogP contribution in [0.4, 0.5) is 11.8 Å². The Hall–Kier alpha value is -2.33. The predicted octanol–water partition coefficient (Wildman–Crippen LogP) is 2.57. The van der Waals surface area contributed by atoms with E-state index in [9.17, 15) is 10.2 Å². The van der Waals surface area contributed by atoms with Crippen LogP contribution in [0.15, 0.2) is 24.5 Å². The molecule has 3 heterocycles. The molecule has 35 heavy (non-hydrogen) atoms. The number of anilines is 2. The Labute approximate surface area is 209 Å². The minimum absolute atomic E-state index is 0.0402. The fourth-order valence-electron chi connectivity index (χ4n) is 4.84. The minimum atomic E-state index is -0.205. The number of pyridine rings is 1. The molecule has 192 valence electrons. The van der Waals surface area contributed by atoms with E-state index in [1.807, 2.05) is 12.4 Å². The molecule has 1 aliphatic heterocycles. The van der Waals surface area contributed by atoms with Gasteiger partial charge in [-0.25, -0.2) is 4.98 Å². The third kappa shape index (κ3) is 7.33. The highest BCUT2D eigenvalue weighted by Gasteiger charge is 2.22. The third-order valence-electron chi connectivity index (χ3n) is 7.12. The molecular weight excluding hydrogens is 442 g/mol. The summed E-state index contributed by atoms with van der Waals surface area (Å²) in [6.45, 7) is 7.42. The van der Waals surface area contributed by atoms with E-state index in [4.69, 9.17) is 9.97 Å². The average molecular weight is 484 g/mol. The van der Waals surface area contributed by atoms with Crippen molar-refractivity contribution in [1.82, 2.24) is 24.8 Å². The van der Waals surface area contributed by atoms with Gasteiger partial charge in [-0.3, -0.25) is 9.88 Å². The van der Waals surface area contributed by atoms with Crippen molar-refractivity contribution in [3.8, 4) is 11.3 Å². The number of rotatable bonds is 10. The number of nitrogens with zero attached hydrogens (tertiary/aromatic N) is 5. The van der Waals surface area contributed by atoms with Crippen LogP contribution in [-0.4, -0.2) is 93.0 Å². The van der Waals surface area contributed by atoms with E-state index in [2.05, 4.69) is 51.5 Å². The maximum atomic E-state index is 9.90. The number of likely N-dealkylation sites (N-methyl/N-ethyl adjacent to an activating group) is 1. The molecule has 0 spiro atoms. The average Bonchev–Trinajstić information content (AvgIpc) is 2.87. The fourth-order valence-corrected chi connectivity index (χ4v) is 4.84. The zero-order valence-electron chi connectivity index (χ0n) is 21.2. The van der Waals surface area contributed by atoms with Gasteiger partial charge < -0.3 is 25.7 Å². The molecule has 2 aromatic heterocycles. The van der Waals surface area contributed by atoms with Crippen LogP contribution in [0, 0.1) is 0 Å². The molecule has 1 unspecified atom stereocenters. The first-order valence-electron chi connectivity index (χ1n) is 13.1. The maximum absolute atomic E-state index is 9.90. The largest absolute Gasteiger partial charge is 0.394 e. The van der Waals surface area contributed by atoms with Crippen molar-refractivity contribution < 1.29 is 10.2 Å². The zero-order chi connectivity index (χ0) is 24.6. The van der Waals surface area contributed by atoms with Crippen LogP contribution < -0.4 is 10.6 Å². The van der Waals surface area contributed by atoms with E-state index >= 15 is 0 Å². The molecule has 1 saturated carbocycles. The number of piperazine rings is 1. The summed E-state index contributed by atoms with van der Waals surface area (Å²) in [6.07, 6.45) is 8.79. The summed E-state index contributed by atoms with van der Waals surface area (Å²) in [7, 11) is 2.17. The molecule has 1 aliphatic carbocycles. The van der Waals surface area contributed by atoms with Crippen LogP contribution >= 0.6 is 0 Å². The van der Waals surface area contributed by atoms with E-state index in [0.29, 0.717) is 5.95 Å². The topological polar surface area (TPSA) is 110 Å². The van der Waals surface area contributed by atoms with Gasteiger partial charge in [-0.15, -0.1) is 0 Å². The molecule has 2 aliphatic rings. The minimum Gasteiger partial charge on any atom is -0.394 e. The van der Waals surface area contributed by atoms with Crippen molar-refractivity contribution in [2.75, 3.05) is 50.5 Å². The summed E-state index contributed by atoms with van der Waals surface area (Å²) < 4.78 is 0. The van der Waals surface area contributed by atoms with Gasteiger partial charge in [0.1, 0.15) is 5.82 Å². The first kappa shape index (κ1) is 25.8. The van der Waals surface area contributed by atoms with E-state index in [0.717, 1.165) is 88.3 Å².